The first kappa shape index (κ1) is 12.8. The van der Waals surface area contributed by atoms with Gasteiger partial charge in [-0.25, -0.2) is 4.98 Å². The largest absolute Gasteiger partial charge is 0.370 e. The number of nitrogens with zero attached hydrogens (tertiary/aromatic N) is 1. The first-order valence-electron chi connectivity index (χ1n) is 6.06. The Morgan fingerprint density at radius 2 is 1.88 bits per heavy atom. The van der Waals surface area contributed by atoms with Crippen LogP contribution in [-0.4, -0.2) is 17.1 Å². The van der Waals surface area contributed by atoms with Crippen LogP contribution in [0.2, 0.25) is 0 Å². The summed E-state index contributed by atoms with van der Waals surface area (Å²) in [6, 6.07) is 6.04. The van der Waals surface area contributed by atoms with Crippen LogP contribution >= 0.6 is 0 Å². The number of hydrogen-bond donors (Lipinski definition) is 2. The molecule has 16 heavy (non-hydrogen) atoms. The van der Waals surface area contributed by atoms with Gasteiger partial charge in [-0.2, -0.15) is 0 Å². The van der Waals surface area contributed by atoms with E-state index < -0.39 is 0 Å². The van der Waals surface area contributed by atoms with Gasteiger partial charge in [0.1, 0.15) is 11.6 Å². The zero-order chi connectivity index (χ0) is 12.0. The second kappa shape index (κ2) is 5.73. The third-order valence-corrected chi connectivity index (χ3v) is 2.66. The first-order chi connectivity index (χ1) is 7.57. The summed E-state index contributed by atoms with van der Waals surface area (Å²) in [6.07, 6.45) is 2.18. The van der Waals surface area contributed by atoms with Crippen LogP contribution in [0.15, 0.2) is 18.2 Å². The van der Waals surface area contributed by atoms with Gasteiger partial charge in [0, 0.05) is 12.1 Å². The molecule has 1 aromatic heterocycles. The Morgan fingerprint density at radius 3 is 2.50 bits per heavy atom. The van der Waals surface area contributed by atoms with Crippen LogP contribution in [0.25, 0.3) is 0 Å². The molecule has 0 aliphatic carbocycles. The number of hydrogen-bond acceptors (Lipinski definition) is 3. The average molecular weight is 221 g/mol. The van der Waals surface area contributed by atoms with Crippen molar-refractivity contribution in [3.63, 3.8) is 0 Å². The molecule has 0 unspecified atom stereocenters. The van der Waals surface area contributed by atoms with Crippen molar-refractivity contribution in [2.45, 2.75) is 46.1 Å². The third kappa shape index (κ3) is 4.09. The molecular formula is C13H23N3. The molecule has 3 heteroatoms. The summed E-state index contributed by atoms with van der Waals surface area (Å²) < 4.78 is 0. The van der Waals surface area contributed by atoms with E-state index in [-0.39, 0.29) is 5.54 Å². The highest BCUT2D eigenvalue weighted by atomic mass is 15.1. The smallest absolute Gasteiger partial charge is 0.128 e. The molecule has 0 aliphatic heterocycles. The number of nitrogens with one attached hydrogen (secondary N) is 2. The molecule has 0 aliphatic rings. The molecule has 1 rings (SSSR count). The topological polar surface area (TPSA) is 37.0 Å². The minimum atomic E-state index is 0.0936. The Morgan fingerprint density at radius 1 is 1.19 bits per heavy atom. The molecule has 0 amide bonds. The summed E-state index contributed by atoms with van der Waals surface area (Å²) in [4.78, 5) is 4.52. The van der Waals surface area contributed by atoms with E-state index in [0.29, 0.717) is 0 Å². The summed E-state index contributed by atoms with van der Waals surface area (Å²) in [7, 11) is 0. The van der Waals surface area contributed by atoms with Gasteiger partial charge in [-0.3, -0.25) is 0 Å². The summed E-state index contributed by atoms with van der Waals surface area (Å²) in [5, 5.41) is 6.72. The Labute approximate surface area is 98.7 Å². The maximum Gasteiger partial charge on any atom is 0.128 e. The van der Waals surface area contributed by atoms with E-state index in [1.54, 1.807) is 0 Å². The lowest BCUT2D eigenvalue weighted by atomic mass is 10.0. The highest BCUT2D eigenvalue weighted by molar-refractivity contribution is 5.46. The maximum absolute atomic E-state index is 4.52. The lowest BCUT2D eigenvalue weighted by molar-refractivity contribution is 0.545. The van der Waals surface area contributed by atoms with E-state index in [0.717, 1.165) is 31.0 Å². The third-order valence-electron chi connectivity index (χ3n) is 2.66. The van der Waals surface area contributed by atoms with Gasteiger partial charge in [-0.05, 0) is 38.8 Å². The van der Waals surface area contributed by atoms with Crippen LogP contribution in [0, 0.1) is 0 Å². The average Bonchev–Trinajstić information content (AvgIpc) is 2.26. The zero-order valence-corrected chi connectivity index (χ0v) is 10.8. The highest BCUT2D eigenvalue weighted by Gasteiger charge is 2.14. The molecule has 0 saturated heterocycles. The van der Waals surface area contributed by atoms with Gasteiger partial charge >= 0.3 is 0 Å². The molecule has 0 spiro atoms. The van der Waals surface area contributed by atoms with Crippen molar-refractivity contribution in [1.29, 1.82) is 0 Å². The lowest BCUT2D eigenvalue weighted by Crippen LogP contribution is -2.30. The van der Waals surface area contributed by atoms with Crippen molar-refractivity contribution in [3.05, 3.63) is 18.2 Å². The molecule has 0 bridgehead atoms. The molecule has 0 atom stereocenters. The normalized spacial score (nSPS) is 11.2. The van der Waals surface area contributed by atoms with E-state index in [1.807, 2.05) is 18.2 Å². The fraction of sp³-hybridized carbons (Fsp3) is 0.615. The van der Waals surface area contributed by atoms with E-state index >= 15 is 0 Å². The van der Waals surface area contributed by atoms with Crippen LogP contribution in [0.1, 0.15) is 40.5 Å². The van der Waals surface area contributed by atoms with E-state index in [2.05, 4.69) is 43.3 Å². The van der Waals surface area contributed by atoms with Crippen molar-refractivity contribution in [3.8, 4) is 0 Å². The Balaban J connectivity index is 2.67. The van der Waals surface area contributed by atoms with E-state index in [9.17, 15) is 0 Å². The second-order valence-corrected chi connectivity index (χ2v) is 4.70. The predicted molar refractivity (Wildman–Crippen MR) is 71.0 cm³/mol. The summed E-state index contributed by atoms with van der Waals surface area (Å²) >= 11 is 0. The monoisotopic (exact) mass is 221 g/mol. The number of aromatic nitrogens is 1. The predicted octanol–water partition coefficient (Wildman–Crippen LogP) is 3.50. The summed E-state index contributed by atoms with van der Waals surface area (Å²) in [5.74, 6) is 1.88. The highest BCUT2D eigenvalue weighted by Crippen LogP contribution is 2.17. The molecule has 1 aromatic rings. The molecule has 0 aromatic carbocycles. The number of rotatable bonds is 6. The summed E-state index contributed by atoms with van der Waals surface area (Å²) in [6.45, 7) is 9.65. The van der Waals surface area contributed by atoms with Crippen molar-refractivity contribution in [2.75, 3.05) is 17.2 Å². The van der Waals surface area contributed by atoms with Gasteiger partial charge < -0.3 is 10.6 Å². The van der Waals surface area contributed by atoms with Gasteiger partial charge in [0.2, 0.25) is 0 Å². The quantitative estimate of drug-likeness (QED) is 0.772. The maximum atomic E-state index is 4.52. The van der Waals surface area contributed by atoms with Gasteiger partial charge in [0.15, 0.2) is 0 Å². The molecule has 1 heterocycles. The minimum Gasteiger partial charge on any atom is -0.370 e. The number of pyridine rings is 1. The van der Waals surface area contributed by atoms with Crippen LogP contribution < -0.4 is 10.6 Å². The van der Waals surface area contributed by atoms with Gasteiger partial charge in [-0.1, -0.05) is 19.9 Å². The molecule has 0 saturated carbocycles. The SMILES string of the molecule is CCCNc1cccc(NC(C)(C)CC)n1. The Bertz CT molecular complexity index is 321. The molecule has 3 nitrogen and oxygen atoms in total. The standard InChI is InChI=1S/C13H23N3/c1-5-10-14-11-8-7-9-12(15-11)16-13(3,4)6-2/h7-9H,5-6,10H2,1-4H3,(H2,14,15,16). The van der Waals surface area contributed by atoms with Gasteiger partial charge in [-0.15, -0.1) is 0 Å². The van der Waals surface area contributed by atoms with Crippen molar-refractivity contribution in [1.82, 2.24) is 4.98 Å². The van der Waals surface area contributed by atoms with Gasteiger partial charge in [0.25, 0.3) is 0 Å². The molecule has 0 fully saturated rings. The van der Waals surface area contributed by atoms with Crippen LogP contribution in [0.3, 0.4) is 0 Å². The molecular weight excluding hydrogens is 198 g/mol. The number of anilines is 2. The van der Waals surface area contributed by atoms with Gasteiger partial charge in [0.05, 0.1) is 0 Å². The first-order valence-corrected chi connectivity index (χ1v) is 6.06. The Hall–Kier alpha value is -1.25. The van der Waals surface area contributed by atoms with Crippen molar-refractivity contribution >= 4 is 11.6 Å². The van der Waals surface area contributed by atoms with Crippen molar-refractivity contribution in [2.24, 2.45) is 0 Å². The Kier molecular flexibility index (Phi) is 4.59. The van der Waals surface area contributed by atoms with E-state index in [1.165, 1.54) is 0 Å². The minimum absolute atomic E-state index is 0.0936. The second-order valence-electron chi connectivity index (χ2n) is 4.70. The van der Waals surface area contributed by atoms with E-state index in [4.69, 9.17) is 0 Å². The molecule has 0 radical (unpaired) electrons. The molecule has 2 N–H and O–H groups in total. The van der Waals surface area contributed by atoms with Crippen molar-refractivity contribution < 1.29 is 0 Å². The van der Waals surface area contributed by atoms with Crippen LogP contribution in [-0.2, 0) is 0 Å². The van der Waals surface area contributed by atoms with Crippen LogP contribution in [0.4, 0.5) is 11.6 Å². The lowest BCUT2D eigenvalue weighted by Gasteiger charge is -2.25. The summed E-state index contributed by atoms with van der Waals surface area (Å²) in [5.41, 5.74) is 0.0936. The van der Waals surface area contributed by atoms with Crippen LogP contribution in [0.5, 0.6) is 0 Å². The zero-order valence-electron chi connectivity index (χ0n) is 10.8. The fourth-order valence-electron chi connectivity index (χ4n) is 1.29. The molecule has 90 valence electrons. The fourth-order valence-corrected chi connectivity index (χ4v) is 1.29.